The van der Waals surface area contributed by atoms with Gasteiger partial charge in [0.2, 0.25) is 0 Å². The van der Waals surface area contributed by atoms with E-state index >= 15 is 0 Å². The van der Waals surface area contributed by atoms with Crippen molar-refractivity contribution in [1.82, 2.24) is 5.43 Å². The molecule has 3 aliphatic carbocycles. The largest absolute Gasteiger partial charge is 0.290 e. The van der Waals surface area contributed by atoms with Crippen LogP contribution in [-0.4, -0.2) is 5.91 Å². The molecule has 3 N–H and O–H groups in total. The smallest absolute Gasteiger partial charge is 0.265 e. The number of hydrazine groups is 1. The lowest BCUT2D eigenvalue weighted by molar-refractivity contribution is -0.117. The second-order valence-corrected chi connectivity index (χ2v) is 3.42. The van der Waals surface area contributed by atoms with Gasteiger partial charge in [0, 0.05) is 5.57 Å². The Morgan fingerprint density at radius 1 is 1.38 bits per heavy atom. The van der Waals surface area contributed by atoms with Crippen molar-refractivity contribution in [3.05, 3.63) is 46.1 Å². The highest BCUT2D eigenvalue weighted by Crippen LogP contribution is 2.46. The average Bonchev–Trinajstić information content (AvgIpc) is 2.71. The molecular weight excluding hydrogens is 164 g/mol. The van der Waals surface area contributed by atoms with Crippen LogP contribution in [0.3, 0.4) is 0 Å². The van der Waals surface area contributed by atoms with Gasteiger partial charge in [-0.15, -0.1) is 0 Å². The van der Waals surface area contributed by atoms with Crippen LogP contribution in [0, 0.1) is 0 Å². The molecule has 3 nitrogen and oxygen atoms in total. The van der Waals surface area contributed by atoms with Crippen LogP contribution < -0.4 is 11.3 Å². The Morgan fingerprint density at radius 3 is 2.85 bits per heavy atom. The molecule has 0 atom stereocenters. The zero-order chi connectivity index (χ0) is 9.00. The van der Waals surface area contributed by atoms with E-state index < -0.39 is 0 Å². The van der Waals surface area contributed by atoms with Gasteiger partial charge in [0.1, 0.15) is 0 Å². The summed E-state index contributed by atoms with van der Waals surface area (Å²) in [5.41, 5.74) is 7.68. The van der Waals surface area contributed by atoms with Crippen molar-refractivity contribution in [1.29, 1.82) is 0 Å². The number of nitrogens with two attached hydrogens (primary N) is 1. The van der Waals surface area contributed by atoms with Gasteiger partial charge in [0.15, 0.2) is 0 Å². The van der Waals surface area contributed by atoms with E-state index in [1.54, 1.807) is 0 Å². The zero-order valence-corrected chi connectivity index (χ0v) is 6.92. The van der Waals surface area contributed by atoms with Gasteiger partial charge in [-0.1, -0.05) is 6.08 Å². The first-order chi connectivity index (χ1) is 6.29. The van der Waals surface area contributed by atoms with Gasteiger partial charge in [0.05, 0.1) is 0 Å². The molecular formula is C10H8N2O. The van der Waals surface area contributed by atoms with E-state index in [2.05, 4.69) is 17.6 Å². The van der Waals surface area contributed by atoms with Crippen LogP contribution in [0.5, 0.6) is 0 Å². The molecule has 0 radical (unpaired) electrons. The van der Waals surface area contributed by atoms with E-state index in [0.29, 0.717) is 5.57 Å². The fourth-order valence-corrected chi connectivity index (χ4v) is 2.12. The number of amides is 1. The highest BCUT2D eigenvalue weighted by molar-refractivity contribution is 6.03. The number of allylic oxidation sites excluding steroid dienone is 6. The van der Waals surface area contributed by atoms with Gasteiger partial charge in [-0.2, -0.15) is 0 Å². The van der Waals surface area contributed by atoms with E-state index in [1.165, 1.54) is 16.7 Å². The summed E-state index contributed by atoms with van der Waals surface area (Å²) in [5, 5.41) is 0. The molecule has 0 spiro atoms. The summed E-state index contributed by atoms with van der Waals surface area (Å²) in [7, 11) is 0. The minimum absolute atomic E-state index is 0.199. The van der Waals surface area contributed by atoms with Crippen LogP contribution in [0.1, 0.15) is 6.42 Å². The SMILES string of the molecule is NNC(=O)C1=CC2=C3C=C(C=C13)C2. The molecule has 1 amide bonds. The molecule has 0 fully saturated rings. The van der Waals surface area contributed by atoms with Gasteiger partial charge < -0.3 is 0 Å². The quantitative estimate of drug-likeness (QED) is 0.343. The van der Waals surface area contributed by atoms with Gasteiger partial charge >= 0.3 is 0 Å². The lowest BCUT2D eigenvalue weighted by Gasteiger charge is -2.03. The van der Waals surface area contributed by atoms with Crippen LogP contribution in [0.4, 0.5) is 0 Å². The summed E-state index contributed by atoms with van der Waals surface area (Å²) < 4.78 is 0. The van der Waals surface area contributed by atoms with Crippen molar-refractivity contribution in [2.45, 2.75) is 6.42 Å². The number of hydrogen-bond acceptors (Lipinski definition) is 2. The van der Waals surface area contributed by atoms with Crippen LogP contribution in [0.2, 0.25) is 0 Å². The van der Waals surface area contributed by atoms with Crippen molar-refractivity contribution in [3.8, 4) is 0 Å². The minimum atomic E-state index is -0.199. The molecule has 3 rings (SSSR count). The Kier molecular flexibility index (Phi) is 1.06. The van der Waals surface area contributed by atoms with E-state index in [0.717, 1.165) is 12.0 Å². The zero-order valence-electron chi connectivity index (χ0n) is 6.92. The Labute approximate surface area is 75.3 Å². The minimum Gasteiger partial charge on any atom is -0.290 e. The fraction of sp³-hybridized carbons (Fsp3) is 0.100. The van der Waals surface area contributed by atoms with E-state index in [9.17, 15) is 4.79 Å². The van der Waals surface area contributed by atoms with Crippen molar-refractivity contribution in [2.24, 2.45) is 5.84 Å². The number of carbonyl (C=O) groups is 1. The molecule has 2 bridgehead atoms. The number of rotatable bonds is 1. The third-order valence-electron chi connectivity index (χ3n) is 2.67. The average molecular weight is 172 g/mol. The summed E-state index contributed by atoms with van der Waals surface area (Å²) in [6.07, 6.45) is 7.10. The summed E-state index contributed by atoms with van der Waals surface area (Å²) in [5.74, 6) is 4.89. The molecule has 0 aliphatic heterocycles. The van der Waals surface area contributed by atoms with Gasteiger partial charge in [-0.25, -0.2) is 5.84 Å². The molecule has 0 saturated heterocycles. The topological polar surface area (TPSA) is 55.1 Å². The molecule has 0 saturated carbocycles. The predicted octanol–water partition coefficient (Wildman–Crippen LogP) is 0.483. The van der Waals surface area contributed by atoms with Crippen molar-refractivity contribution < 1.29 is 4.79 Å². The Morgan fingerprint density at radius 2 is 2.23 bits per heavy atom. The van der Waals surface area contributed by atoms with Gasteiger partial charge in [0.25, 0.3) is 5.91 Å². The van der Waals surface area contributed by atoms with Crippen LogP contribution in [0.15, 0.2) is 46.1 Å². The lowest BCUT2D eigenvalue weighted by Crippen LogP contribution is -2.31. The molecule has 0 aromatic rings. The van der Waals surface area contributed by atoms with E-state index in [4.69, 9.17) is 5.84 Å². The Bertz CT molecular complexity index is 450. The van der Waals surface area contributed by atoms with Crippen LogP contribution in [-0.2, 0) is 4.79 Å². The summed E-state index contributed by atoms with van der Waals surface area (Å²) in [6, 6.07) is 0. The van der Waals surface area contributed by atoms with Gasteiger partial charge in [-0.3, -0.25) is 10.2 Å². The van der Waals surface area contributed by atoms with E-state index in [1.807, 2.05) is 6.08 Å². The molecule has 13 heavy (non-hydrogen) atoms. The first kappa shape index (κ1) is 6.86. The highest BCUT2D eigenvalue weighted by Gasteiger charge is 2.32. The maximum Gasteiger partial charge on any atom is 0.265 e. The van der Waals surface area contributed by atoms with E-state index in [-0.39, 0.29) is 5.91 Å². The molecule has 0 aromatic heterocycles. The second-order valence-electron chi connectivity index (χ2n) is 3.42. The molecule has 0 aromatic carbocycles. The number of nitrogens with one attached hydrogen (secondary N) is 1. The Hall–Kier alpha value is -1.61. The monoisotopic (exact) mass is 172 g/mol. The normalized spacial score (nSPS) is 21.8. The predicted molar refractivity (Wildman–Crippen MR) is 48.2 cm³/mol. The third-order valence-corrected chi connectivity index (χ3v) is 2.67. The van der Waals surface area contributed by atoms with Gasteiger partial charge in [-0.05, 0) is 40.9 Å². The summed E-state index contributed by atoms with van der Waals surface area (Å²) in [4.78, 5) is 11.3. The first-order valence-electron chi connectivity index (χ1n) is 4.18. The summed E-state index contributed by atoms with van der Waals surface area (Å²) >= 11 is 0. The molecule has 3 aliphatic rings. The standard InChI is InChI=1S/C10H8N2O/c11-12-10(13)9-4-6-1-5-2-7(6)8(9)3-5/h2-4H,1,11H2,(H,12,13). The molecule has 3 heteroatoms. The van der Waals surface area contributed by atoms with Crippen LogP contribution in [0.25, 0.3) is 0 Å². The number of carbonyl (C=O) groups excluding carboxylic acids is 1. The van der Waals surface area contributed by atoms with Crippen LogP contribution >= 0.6 is 0 Å². The molecule has 0 heterocycles. The molecule has 64 valence electrons. The lowest BCUT2D eigenvalue weighted by atomic mass is 10.0. The fourth-order valence-electron chi connectivity index (χ4n) is 2.12. The second kappa shape index (κ2) is 2.00. The Balaban J connectivity index is 2.07. The van der Waals surface area contributed by atoms with Crippen molar-refractivity contribution in [3.63, 3.8) is 0 Å². The highest BCUT2D eigenvalue weighted by atomic mass is 16.2. The maximum atomic E-state index is 11.3. The maximum absolute atomic E-state index is 11.3. The molecule has 0 unspecified atom stereocenters. The van der Waals surface area contributed by atoms with Crippen molar-refractivity contribution >= 4 is 5.91 Å². The number of hydrogen-bond donors (Lipinski definition) is 2. The first-order valence-corrected chi connectivity index (χ1v) is 4.18. The summed E-state index contributed by atoms with van der Waals surface area (Å²) in [6.45, 7) is 0. The van der Waals surface area contributed by atoms with Crippen molar-refractivity contribution in [2.75, 3.05) is 0 Å². The third kappa shape index (κ3) is 0.697.